The minimum Gasteiger partial charge on any atom is -0.387 e. The number of hydrogen-bond donors (Lipinski definition) is 2. The van der Waals surface area contributed by atoms with Crippen LogP contribution in [0.25, 0.3) is 16.7 Å². The molecular weight excluding hydrogens is 454 g/mol. The summed E-state index contributed by atoms with van der Waals surface area (Å²) in [6, 6.07) is 9.74. The van der Waals surface area contributed by atoms with E-state index in [1.165, 1.54) is 0 Å². The molecule has 1 aliphatic rings. The average molecular weight is 488 g/mol. The Hall–Kier alpha value is -3.56. The lowest BCUT2D eigenvalue weighted by atomic mass is 9.91. The van der Waals surface area contributed by atoms with Gasteiger partial charge in [-0.2, -0.15) is 4.98 Å². The van der Waals surface area contributed by atoms with Gasteiger partial charge in [-0.1, -0.05) is 26.8 Å². The molecule has 0 aliphatic carbocycles. The number of hydrogen-bond acceptors (Lipinski definition) is 7. The van der Waals surface area contributed by atoms with E-state index < -0.39 is 6.10 Å². The van der Waals surface area contributed by atoms with Crippen molar-refractivity contribution in [2.45, 2.75) is 58.7 Å². The number of aliphatic hydroxyl groups is 1. The van der Waals surface area contributed by atoms with E-state index in [4.69, 9.17) is 4.98 Å². The van der Waals surface area contributed by atoms with Crippen molar-refractivity contribution in [3.63, 3.8) is 0 Å². The lowest BCUT2D eigenvalue weighted by Gasteiger charge is -2.29. The second-order valence-electron chi connectivity index (χ2n) is 10.9. The maximum Gasteiger partial charge on any atom is 0.278 e. The molecule has 1 aromatic carbocycles. The first kappa shape index (κ1) is 24.1. The highest BCUT2D eigenvalue weighted by atomic mass is 16.3. The molecule has 0 saturated heterocycles. The van der Waals surface area contributed by atoms with Gasteiger partial charge in [0.1, 0.15) is 5.39 Å². The van der Waals surface area contributed by atoms with E-state index in [2.05, 4.69) is 41.0 Å². The first-order chi connectivity index (χ1) is 17.0. The Labute approximate surface area is 210 Å². The standard InChI is InChI=1S/C27H33N7O2/c1-16(2)33-25(36)21-13-29-26(30-18-8-7-17-14-32(6)15-22(35)20(17)11-18)31-24(21)34(33)19-9-10-28-23(12-19)27(3,4)5/h7-13,16,22,35H,14-15H2,1-6H3,(H,29,30,31). The predicted octanol–water partition coefficient (Wildman–Crippen LogP) is 4.08. The maximum atomic E-state index is 13.3. The lowest BCUT2D eigenvalue weighted by Crippen LogP contribution is -2.30. The van der Waals surface area contributed by atoms with Crippen LogP contribution in [0.3, 0.4) is 0 Å². The fraction of sp³-hybridized carbons (Fsp3) is 0.407. The van der Waals surface area contributed by atoms with Gasteiger partial charge in [0, 0.05) is 48.3 Å². The number of rotatable bonds is 4. The van der Waals surface area contributed by atoms with Crippen molar-refractivity contribution in [3.8, 4) is 5.69 Å². The van der Waals surface area contributed by atoms with E-state index in [9.17, 15) is 9.90 Å². The van der Waals surface area contributed by atoms with Crippen molar-refractivity contribution >= 4 is 22.7 Å². The second-order valence-corrected chi connectivity index (χ2v) is 10.9. The molecule has 1 unspecified atom stereocenters. The van der Waals surface area contributed by atoms with Gasteiger partial charge in [-0.15, -0.1) is 0 Å². The minimum atomic E-state index is -0.544. The van der Waals surface area contributed by atoms with E-state index >= 15 is 0 Å². The van der Waals surface area contributed by atoms with Gasteiger partial charge >= 0.3 is 0 Å². The molecule has 5 rings (SSSR count). The van der Waals surface area contributed by atoms with Crippen molar-refractivity contribution in [2.75, 3.05) is 18.9 Å². The predicted molar refractivity (Wildman–Crippen MR) is 141 cm³/mol. The van der Waals surface area contributed by atoms with Gasteiger partial charge < -0.3 is 10.4 Å². The fourth-order valence-electron chi connectivity index (χ4n) is 4.74. The number of aliphatic hydroxyl groups excluding tert-OH is 1. The number of likely N-dealkylation sites (N-methyl/N-ethyl adjacent to an activating group) is 1. The molecule has 2 N–H and O–H groups in total. The number of benzene rings is 1. The molecule has 3 aromatic heterocycles. The van der Waals surface area contributed by atoms with Gasteiger partial charge in [0.25, 0.3) is 5.56 Å². The first-order valence-electron chi connectivity index (χ1n) is 12.3. The molecule has 36 heavy (non-hydrogen) atoms. The van der Waals surface area contributed by atoms with Gasteiger partial charge in [0.2, 0.25) is 5.95 Å². The fourth-order valence-corrected chi connectivity index (χ4v) is 4.74. The Bertz CT molecular complexity index is 1500. The molecule has 9 heteroatoms. The maximum absolute atomic E-state index is 13.3. The Morgan fingerprint density at radius 3 is 2.64 bits per heavy atom. The summed E-state index contributed by atoms with van der Waals surface area (Å²) in [7, 11) is 2.00. The van der Waals surface area contributed by atoms with Gasteiger partial charge in [-0.3, -0.25) is 14.7 Å². The molecule has 0 spiro atoms. The normalized spacial score (nSPS) is 16.5. The summed E-state index contributed by atoms with van der Waals surface area (Å²) in [4.78, 5) is 29.2. The van der Waals surface area contributed by atoms with Crippen LogP contribution >= 0.6 is 0 Å². The summed E-state index contributed by atoms with van der Waals surface area (Å²) in [6.45, 7) is 11.7. The number of nitrogens with one attached hydrogen (secondary N) is 1. The average Bonchev–Trinajstić information content (AvgIpc) is 3.11. The number of β-amino-alcohol motifs (C(OH)–C–C–N with tert-alkyl or cyclic N) is 1. The lowest BCUT2D eigenvalue weighted by molar-refractivity contribution is 0.108. The van der Waals surface area contributed by atoms with Gasteiger partial charge in [-0.25, -0.2) is 14.3 Å². The zero-order valence-corrected chi connectivity index (χ0v) is 21.6. The zero-order valence-electron chi connectivity index (χ0n) is 21.6. The molecule has 188 valence electrons. The van der Waals surface area contributed by atoms with E-state index in [0.29, 0.717) is 23.5 Å². The molecule has 9 nitrogen and oxygen atoms in total. The van der Waals surface area contributed by atoms with Crippen LogP contribution in [-0.4, -0.2) is 47.9 Å². The zero-order chi connectivity index (χ0) is 25.8. The van der Waals surface area contributed by atoms with Crippen molar-refractivity contribution in [1.29, 1.82) is 0 Å². The first-order valence-corrected chi connectivity index (χ1v) is 12.3. The van der Waals surface area contributed by atoms with Crippen LogP contribution in [0, 0.1) is 0 Å². The highest BCUT2D eigenvalue weighted by molar-refractivity contribution is 5.77. The molecule has 0 saturated carbocycles. The number of pyridine rings is 1. The topological polar surface area (TPSA) is 101 Å². The number of anilines is 2. The van der Waals surface area contributed by atoms with Crippen molar-refractivity contribution in [2.24, 2.45) is 0 Å². The summed E-state index contributed by atoms with van der Waals surface area (Å²) >= 11 is 0. The van der Waals surface area contributed by atoms with Gasteiger partial charge in [0.15, 0.2) is 5.65 Å². The van der Waals surface area contributed by atoms with E-state index in [1.54, 1.807) is 17.1 Å². The van der Waals surface area contributed by atoms with Crippen LogP contribution in [-0.2, 0) is 12.0 Å². The highest BCUT2D eigenvalue weighted by Crippen LogP contribution is 2.30. The SMILES string of the molecule is CC(C)n1c(=O)c2cnc(Nc3ccc4c(c3)C(O)CN(C)C4)nc2n1-c1ccnc(C(C)(C)C)c1. The summed E-state index contributed by atoms with van der Waals surface area (Å²) in [5.74, 6) is 0.379. The summed E-state index contributed by atoms with van der Waals surface area (Å²) in [5.41, 5.74) is 4.79. The van der Waals surface area contributed by atoms with Crippen LogP contribution in [0.1, 0.15) is 63.6 Å². The van der Waals surface area contributed by atoms with E-state index in [0.717, 1.165) is 34.7 Å². The third-order valence-corrected chi connectivity index (χ3v) is 6.55. The molecular formula is C27H33N7O2. The van der Waals surface area contributed by atoms with Crippen LogP contribution in [0.4, 0.5) is 11.6 Å². The van der Waals surface area contributed by atoms with Crippen molar-refractivity contribution in [1.82, 2.24) is 29.2 Å². The molecule has 1 aliphatic heterocycles. The smallest absolute Gasteiger partial charge is 0.278 e. The monoisotopic (exact) mass is 487 g/mol. The van der Waals surface area contributed by atoms with Gasteiger partial charge in [0.05, 0.1) is 11.8 Å². The minimum absolute atomic E-state index is 0.0883. The van der Waals surface area contributed by atoms with Crippen LogP contribution < -0.4 is 10.9 Å². The Morgan fingerprint density at radius 2 is 1.92 bits per heavy atom. The van der Waals surface area contributed by atoms with Crippen molar-refractivity contribution in [3.05, 3.63) is 69.9 Å². The van der Waals surface area contributed by atoms with Crippen LogP contribution in [0.2, 0.25) is 0 Å². The van der Waals surface area contributed by atoms with E-state index in [-0.39, 0.29) is 17.0 Å². The molecule has 0 fully saturated rings. The largest absolute Gasteiger partial charge is 0.387 e. The second kappa shape index (κ2) is 8.83. The number of nitrogens with zero attached hydrogens (tertiary/aromatic N) is 6. The highest BCUT2D eigenvalue weighted by Gasteiger charge is 2.23. The molecule has 0 amide bonds. The van der Waals surface area contributed by atoms with Crippen LogP contribution in [0.5, 0.6) is 0 Å². The van der Waals surface area contributed by atoms with Crippen LogP contribution in [0.15, 0.2) is 47.5 Å². The number of fused-ring (bicyclic) bond motifs is 2. The van der Waals surface area contributed by atoms with E-state index in [1.807, 2.05) is 55.9 Å². The third-order valence-electron chi connectivity index (χ3n) is 6.55. The Morgan fingerprint density at radius 1 is 1.14 bits per heavy atom. The Kier molecular flexibility index (Phi) is 5.92. The summed E-state index contributed by atoms with van der Waals surface area (Å²) in [5, 5.41) is 14.3. The number of aromatic nitrogens is 5. The molecule has 4 aromatic rings. The Balaban J connectivity index is 1.61. The van der Waals surface area contributed by atoms with Crippen molar-refractivity contribution < 1.29 is 5.11 Å². The molecule has 0 bridgehead atoms. The summed E-state index contributed by atoms with van der Waals surface area (Å²) < 4.78 is 3.56. The molecule has 1 atom stereocenters. The molecule has 4 heterocycles. The van der Waals surface area contributed by atoms with Gasteiger partial charge in [-0.05, 0) is 56.3 Å². The summed E-state index contributed by atoms with van der Waals surface area (Å²) in [6.07, 6.45) is 2.81. The molecule has 0 radical (unpaired) electrons. The quantitative estimate of drug-likeness (QED) is 0.447. The third kappa shape index (κ3) is 4.29.